The highest BCUT2D eigenvalue weighted by atomic mass is 79.9. The van der Waals surface area contributed by atoms with Gasteiger partial charge in [0.15, 0.2) is 0 Å². The van der Waals surface area contributed by atoms with Crippen LogP contribution in [0, 0.1) is 11.8 Å². The molecule has 0 unspecified atom stereocenters. The molecule has 24 heavy (non-hydrogen) atoms. The van der Waals surface area contributed by atoms with Crippen molar-refractivity contribution in [3.8, 4) is 0 Å². The zero-order chi connectivity index (χ0) is 16.7. The fourth-order valence-corrected chi connectivity index (χ4v) is 4.19. The number of nitrogens with one attached hydrogen (secondary N) is 2. The Labute approximate surface area is 150 Å². The highest BCUT2D eigenvalue weighted by Gasteiger charge is 2.26. The smallest absolute Gasteiger partial charge is 0.224 e. The molecule has 0 spiro atoms. The number of carbonyl (C=O) groups excluding carboxylic acids is 1. The summed E-state index contributed by atoms with van der Waals surface area (Å²) in [5.41, 5.74) is 2.82. The average Bonchev–Trinajstić information content (AvgIpc) is 3.27. The number of piperidine rings is 1. The normalized spacial score (nSPS) is 21.2. The summed E-state index contributed by atoms with van der Waals surface area (Å²) < 4.78 is 0.987. The molecule has 1 saturated carbocycles. The van der Waals surface area contributed by atoms with Crippen molar-refractivity contribution in [2.75, 3.05) is 23.3 Å². The fourth-order valence-electron chi connectivity index (χ4n) is 3.64. The van der Waals surface area contributed by atoms with E-state index in [-0.39, 0.29) is 5.91 Å². The Bertz CT molecular complexity index is 768. The average molecular weight is 391 g/mol. The molecule has 0 aromatic carbocycles. The van der Waals surface area contributed by atoms with Crippen molar-refractivity contribution in [2.24, 2.45) is 11.8 Å². The number of pyridine rings is 1. The third-order valence-corrected chi connectivity index (χ3v) is 5.63. The molecule has 5 nitrogen and oxygen atoms in total. The van der Waals surface area contributed by atoms with Crippen LogP contribution in [0.2, 0.25) is 0 Å². The van der Waals surface area contributed by atoms with Crippen molar-refractivity contribution in [3.05, 3.63) is 16.9 Å². The Morgan fingerprint density at radius 2 is 2.29 bits per heavy atom. The van der Waals surface area contributed by atoms with Crippen LogP contribution in [-0.2, 0) is 4.79 Å². The number of nitrogens with zero attached hydrogens (tertiary/aromatic N) is 2. The van der Waals surface area contributed by atoms with Crippen LogP contribution in [0.1, 0.15) is 39.0 Å². The molecule has 1 saturated heterocycles. The van der Waals surface area contributed by atoms with Gasteiger partial charge in [0, 0.05) is 31.9 Å². The zero-order valence-corrected chi connectivity index (χ0v) is 15.5. The number of amides is 1. The molecule has 3 heterocycles. The summed E-state index contributed by atoms with van der Waals surface area (Å²) in [5, 5.41) is 4.11. The lowest BCUT2D eigenvalue weighted by Gasteiger charge is -2.34. The quantitative estimate of drug-likeness (QED) is 0.817. The summed E-state index contributed by atoms with van der Waals surface area (Å²) in [5.74, 6) is 1.37. The molecule has 128 valence electrons. The maximum absolute atomic E-state index is 12.3. The molecule has 0 radical (unpaired) electrons. The molecule has 1 aliphatic carbocycles. The van der Waals surface area contributed by atoms with Crippen LogP contribution < -0.4 is 10.2 Å². The number of hydrogen-bond acceptors (Lipinski definition) is 3. The van der Waals surface area contributed by atoms with Gasteiger partial charge in [0.1, 0.15) is 5.65 Å². The Hall–Kier alpha value is -1.56. The van der Waals surface area contributed by atoms with E-state index < -0.39 is 0 Å². The Morgan fingerprint density at radius 3 is 3.04 bits per heavy atom. The van der Waals surface area contributed by atoms with Gasteiger partial charge >= 0.3 is 0 Å². The van der Waals surface area contributed by atoms with Crippen LogP contribution in [-0.4, -0.2) is 29.0 Å². The van der Waals surface area contributed by atoms with Gasteiger partial charge in [0.05, 0.1) is 21.2 Å². The van der Waals surface area contributed by atoms with E-state index >= 15 is 0 Å². The third kappa shape index (κ3) is 3.16. The molecular formula is C18H23BrN4O. The second kappa shape index (κ2) is 6.39. The van der Waals surface area contributed by atoms with Crippen molar-refractivity contribution < 1.29 is 4.79 Å². The maximum atomic E-state index is 12.3. The lowest BCUT2D eigenvalue weighted by Crippen LogP contribution is -2.34. The van der Waals surface area contributed by atoms with E-state index in [2.05, 4.69) is 43.0 Å². The number of hydrogen-bond donors (Lipinski definition) is 2. The first-order valence-electron chi connectivity index (χ1n) is 8.82. The molecular weight excluding hydrogens is 368 g/mol. The first-order chi connectivity index (χ1) is 11.6. The van der Waals surface area contributed by atoms with Gasteiger partial charge < -0.3 is 15.2 Å². The van der Waals surface area contributed by atoms with Crippen LogP contribution in [0.4, 0.5) is 11.4 Å². The van der Waals surface area contributed by atoms with Gasteiger partial charge in [0.2, 0.25) is 5.91 Å². The SMILES string of the molecule is C[C@@H]1CCCN(c2c(Br)cnc3[nH]cc(NC(=O)CC4CC4)c23)C1. The van der Waals surface area contributed by atoms with Crippen LogP contribution >= 0.6 is 15.9 Å². The standard InChI is InChI=1S/C18H23BrN4O/c1-11-3-2-6-23(10-11)17-13(19)8-20-18-16(17)14(9-21-18)22-15(24)7-12-4-5-12/h8-9,11-12H,2-7,10H2,1H3,(H,20,21)(H,22,24)/t11-/m1/s1. The summed E-state index contributed by atoms with van der Waals surface area (Å²) in [6.45, 7) is 4.38. The van der Waals surface area contributed by atoms with Gasteiger partial charge in [-0.25, -0.2) is 4.98 Å². The lowest BCUT2D eigenvalue weighted by atomic mass is 9.99. The molecule has 1 amide bonds. The van der Waals surface area contributed by atoms with Gasteiger partial charge in [-0.3, -0.25) is 4.79 Å². The number of H-pyrrole nitrogens is 1. The highest BCUT2D eigenvalue weighted by Crippen LogP contribution is 2.40. The number of halogens is 1. The fraction of sp³-hybridized carbons (Fsp3) is 0.556. The molecule has 1 aliphatic heterocycles. The monoisotopic (exact) mass is 390 g/mol. The second-order valence-electron chi connectivity index (χ2n) is 7.27. The molecule has 6 heteroatoms. The van der Waals surface area contributed by atoms with E-state index in [0.29, 0.717) is 18.3 Å². The van der Waals surface area contributed by atoms with Crippen LogP contribution in [0.5, 0.6) is 0 Å². The first-order valence-corrected chi connectivity index (χ1v) is 9.61. The van der Waals surface area contributed by atoms with Gasteiger partial charge in [-0.1, -0.05) is 6.92 Å². The Morgan fingerprint density at radius 1 is 1.46 bits per heavy atom. The van der Waals surface area contributed by atoms with Crippen LogP contribution in [0.25, 0.3) is 11.0 Å². The highest BCUT2D eigenvalue weighted by molar-refractivity contribution is 9.10. The molecule has 2 fully saturated rings. The molecule has 2 aromatic rings. The van der Waals surface area contributed by atoms with E-state index in [1.54, 1.807) is 0 Å². The summed E-state index contributed by atoms with van der Waals surface area (Å²) >= 11 is 3.68. The molecule has 2 aromatic heterocycles. The minimum atomic E-state index is 0.108. The predicted octanol–water partition coefficient (Wildman–Crippen LogP) is 4.30. The van der Waals surface area contributed by atoms with Gasteiger partial charge in [-0.2, -0.15) is 0 Å². The summed E-state index contributed by atoms with van der Waals surface area (Å²) in [7, 11) is 0. The van der Waals surface area contributed by atoms with E-state index in [1.807, 2.05) is 12.4 Å². The minimum Gasteiger partial charge on any atom is -0.370 e. The number of aromatic amines is 1. The van der Waals surface area contributed by atoms with Gasteiger partial charge in [-0.05, 0) is 53.4 Å². The molecule has 4 rings (SSSR count). The number of carbonyl (C=O) groups is 1. The summed E-state index contributed by atoms with van der Waals surface area (Å²) in [4.78, 5) is 22.4. The predicted molar refractivity (Wildman–Crippen MR) is 100 cm³/mol. The van der Waals surface area contributed by atoms with E-state index in [0.717, 1.165) is 40.0 Å². The second-order valence-corrected chi connectivity index (χ2v) is 8.12. The van der Waals surface area contributed by atoms with E-state index in [9.17, 15) is 4.79 Å². The Kier molecular flexibility index (Phi) is 4.24. The van der Waals surface area contributed by atoms with Crippen molar-refractivity contribution in [3.63, 3.8) is 0 Å². The first kappa shape index (κ1) is 15.9. The molecule has 2 N–H and O–H groups in total. The van der Waals surface area contributed by atoms with Crippen LogP contribution in [0.15, 0.2) is 16.9 Å². The largest absolute Gasteiger partial charge is 0.370 e. The molecule has 1 atom stereocenters. The van der Waals surface area contributed by atoms with E-state index in [1.165, 1.54) is 25.7 Å². The van der Waals surface area contributed by atoms with Crippen molar-refractivity contribution in [2.45, 2.75) is 39.0 Å². The zero-order valence-electron chi connectivity index (χ0n) is 13.9. The topological polar surface area (TPSA) is 61.0 Å². The minimum absolute atomic E-state index is 0.108. The van der Waals surface area contributed by atoms with Crippen molar-refractivity contribution >= 4 is 44.2 Å². The van der Waals surface area contributed by atoms with Crippen molar-refractivity contribution in [1.29, 1.82) is 0 Å². The summed E-state index contributed by atoms with van der Waals surface area (Å²) in [6, 6.07) is 0. The molecule has 0 bridgehead atoms. The Balaban J connectivity index is 1.69. The number of fused-ring (bicyclic) bond motifs is 1. The van der Waals surface area contributed by atoms with Gasteiger partial charge in [-0.15, -0.1) is 0 Å². The molecule has 2 aliphatic rings. The third-order valence-electron chi connectivity index (χ3n) is 5.05. The van der Waals surface area contributed by atoms with E-state index in [4.69, 9.17) is 0 Å². The van der Waals surface area contributed by atoms with Crippen LogP contribution in [0.3, 0.4) is 0 Å². The van der Waals surface area contributed by atoms with Crippen molar-refractivity contribution in [1.82, 2.24) is 9.97 Å². The summed E-state index contributed by atoms with van der Waals surface area (Å²) in [6.07, 6.45) is 9.20. The number of anilines is 2. The number of aromatic nitrogens is 2. The maximum Gasteiger partial charge on any atom is 0.224 e. The number of rotatable bonds is 4. The lowest BCUT2D eigenvalue weighted by molar-refractivity contribution is -0.116. The van der Waals surface area contributed by atoms with Gasteiger partial charge in [0.25, 0.3) is 0 Å².